The third-order valence-corrected chi connectivity index (χ3v) is 5.35. The number of oxime groups is 1. The van der Waals surface area contributed by atoms with Crippen LogP contribution in [0.15, 0.2) is 87.7 Å². The molecule has 7 heteroatoms. The molecule has 0 fully saturated rings. The number of methoxy groups -OCH3 is 1. The summed E-state index contributed by atoms with van der Waals surface area (Å²) in [5, 5.41) is 3.83. The van der Waals surface area contributed by atoms with Crippen molar-refractivity contribution in [3.63, 3.8) is 0 Å². The Morgan fingerprint density at radius 1 is 0.929 bits per heavy atom. The van der Waals surface area contributed by atoms with Crippen LogP contribution in [0.5, 0.6) is 5.75 Å². The van der Waals surface area contributed by atoms with Gasteiger partial charge in [-0.3, -0.25) is 4.84 Å². The van der Waals surface area contributed by atoms with Crippen LogP contribution < -0.4 is 15.4 Å². The van der Waals surface area contributed by atoms with Gasteiger partial charge in [-0.05, 0) is 48.5 Å². The van der Waals surface area contributed by atoms with E-state index in [0.29, 0.717) is 11.3 Å². The average molecular weight is 391 g/mol. The normalized spacial score (nSPS) is 12.8. The second-order valence-electron chi connectivity index (χ2n) is 5.94. The molecule has 28 heavy (non-hydrogen) atoms. The largest absolute Gasteiger partial charge is 0.497 e. The molecule has 3 aromatic carbocycles. The van der Waals surface area contributed by atoms with Crippen LogP contribution in [0.1, 0.15) is 5.56 Å². The van der Waals surface area contributed by atoms with Crippen molar-refractivity contribution in [3.8, 4) is 5.75 Å². The van der Waals surface area contributed by atoms with Crippen LogP contribution >= 0.6 is 11.8 Å². The molecule has 6 nitrogen and oxygen atoms in total. The summed E-state index contributed by atoms with van der Waals surface area (Å²) >= 11 is 1.61. The number of para-hydroxylation sites is 2. The van der Waals surface area contributed by atoms with Gasteiger partial charge in [-0.25, -0.2) is 9.69 Å². The zero-order chi connectivity index (χ0) is 19.5. The SMILES string of the molecule is COc1ccc(/C(N)=N/OC(=O)N2c3ccccc3Sc3ccccc32)cc1. The molecule has 0 aromatic heterocycles. The molecule has 0 unspecified atom stereocenters. The third kappa shape index (κ3) is 3.39. The van der Waals surface area contributed by atoms with Gasteiger partial charge in [-0.15, -0.1) is 0 Å². The first-order chi connectivity index (χ1) is 13.7. The van der Waals surface area contributed by atoms with Crippen LogP contribution in [0.25, 0.3) is 0 Å². The number of rotatable bonds is 3. The predicted octanol–water partition coefficient (Wildman–Crippen LogP) is 4.76. The number of anilines is 2. The molecule has 2 N–H and O–H groups in total. The number of carbonyl (C=O) groups excluding carboxylic acids is 1. The number of ether oxygens (including phenoxy) is 1. The van der Waals surface area contributed by atoms with Gasteiger partial charge < -0.3 is 10.5 Å². The van der Waals surface area contributed by atoms with Gasteiger partial charge in [0.05, 0.1) is 18.5 Å². The van der Waals surface area contributed by atoms with Gasteiger partial charge in [0.1, 0.15) is 5.75 Å². The highest BCUT2D eigenvalue weighted by Crippen LogP contribution is 2.48. The van der Waals surface area contributed by atoms with Crippen molar-refractivity contribution in [2.24, 2.45) is 10.9 Å². The fraction of sp³-hybridized carbons (Fsp3) is 0.0476. The number of amidine groups is 1. The Bertz CT molecular complexity index is 1010. The fourth-order valence-corrected chi connectivity index (χ4v) is 3.90. The van der Waals surface area contributed by atoms with Gasteiger partial charge in [0.25, 0.3) is 0 Å². The summed E-state index contributed by atoms with van der Waals surface area (Å²) in [5.74, 6) is 0.802. The molecule has 0 atom stereocenters. The highest BCUT2D eigenvalue weighted by molar-refractivity contribution is 7.99. The molecule has 0 saturated carbocycles. The summed E-state index contributed by atoms with van der Waals surface area (Å²) in [6, 6.07) is 22.3. The summed E-state index contributed by atoms with van der Waals surface area (Å²) in [4.78, 5) is 21.5. The topological polar surface area (TPSA) is 77.1 Å². The van der Waals surface area contributed by atoms with Crippen molar-refractivity contribution in [1.82, 2.24) is 0 Å². The molecule has 4 rings (SSSR count). The van der Waals surface area contributed by atoms with Gasteiger partial charge in [-0.2, -0.15) is 0 Å². The summed E-state index contributed by atoms with van der Waals surface area (Å²) in [6.45, 7) is 0. The van der Waals surface area contributed by atoms with E-state index in [1.165, 1.54) is 4.90 Å². The molecule has 1 aliphatic rings. The highest BCUT2D eigenvalue weighted by atomic mass is 32.2. The smallest absolute Gasteiger partial charge is 0.445 e. The Morgan fingerprint density at radius 3 is 2.07 bits per heavy atom. The lowest BCUT2D eigenvalue weighted by Gasteiger charge is -2.29. The van der Waals surface area contributed by atoms with Gasteiger partial charge in [0.15, 0.2) is 5.84 Å². The molecule has 1 amide bonds. The van der Waals surface area contributed by atoms with E-state index in [0.717, 1.165) is 21.2 Å². The Morgan fingerprint density at radius 2 is 1.50 bits per heavy atom. The van der Waals surface area contributed by atoms with Crippen LogP contribution in [0, 0.1) is 0 Å². The molecule has 140 valence electrons. The van der Waals surface area contributed by atoms with E-state index < -0.39 is 6.09 Å². The molecule has 1 aliphatic heterocycles. The summed E-state index contributed by atoms with van der Waals surface area (Å²) in [6.07, 6.45) is -0.628. The summed E-state index contributed by atoms with van der Waals surface area (Å²) in [7, 11) is 1.58. The second-order valence-corrected chi connectivity index (χ2v) is 7.02. The number of nitrogens with two attached hydrogens (primary N) is 1. The van der Waals surface area contributed by atoms with Crippen molar-refractivity contribution in [3.05, 3.63) is 78.4 Å². The Kier molecular flexibility index (Phi) is 4.90. The van der Waals surface area contributed by atoms with Gasteiger partial charge in [0, 0.05) is 15.4 Å². The minimum absolute atomic E-state index is 0.101. The quantitative estimate of drug-likeness (QED) is 0.302. The Hall–Kier alpha value is -3.45. The second kappa shape index (κ2) is 7.66. The molecule has 0 spiro atoms. The number of carbonyl (C=O) groups is 1. The fourth-order valence-electron chi connectivity index (χ4n) is 2.84. The number of hydrogen-bond donors (Lipinski definition) is 1. The predicted molar refractivity (Wildman–Crippen MR) is 109 cm³/mol. The van der Waals surface area contributed by atoms with E-state index >= 15 is 0 Å². The van der Waals surface area contributed by atoms with Crippen LogP contribution in [0.4, 0.5) is 16.2 Å². The minimum Gasteiger partial charge on any atom is -0.497 e. The van der Waals surface area contributed by atoms with E-state index in [-0.39, 0.29) is 5.84 Å². The lowest BCUT2D eigenvalue weighted by atomic mass is 10.2. The number of hydrogen-bond acceptors (Lipinski definition) is 5. The van der Waals surface area contributed by atoms with Crippen molar-refractivity contribution in [2.75, 3.05) is 12.0 Å². The Balaban J connectivity index is 1.61. The van der Waals surface area contributed by atoms with Crippen LogP contribution in [0.3, 0.4) is 0 Å². The van der Waals surface area contributed by atoms with E-state index in [4.69, 9.17) is 15.3 Å². The van der Waals surface area contributed by atoms with Crippen LogP contribution in [0.2, 0.25) is 0 Å². The van der Waals surface area contributed by atoms with Crippen LogP contribution in [-0.2, 0) is 4.84 Å². The van der Waals surface area contributed by atoms with E-state index in [9.17, 15) is 4.79 Å². The average Bonchev–Trinajstić information content (AvgIpc) is 2.75. The molecule has 0 aliphatic carbocycles. The van der Waals surface area contributed by atoms with Crippen molar-refractivity contribution in [2.45, 2.75) is 9.79 Å². The van der Waals surface area contributed by atoms with Crippen molar-refractivity contribution < 1.29 is 14.4 Å². The lowest BCUT2D eigenvalue weighted by Crippen LogP contribution is -2.28. The van der Waals surface area contributed by atoms with Crippen molar-refractivity contribution >= 4 is 35.1 Å². The summed E-state index contributed by atoms with van der Waals surface area (Å²) in [5.41, 5.74) is 8.08. The van der Waals surface area contributed by atoms with Gasteiger partial charge >= 0.3 is 6.09 Å². The third-order valence-electron chi connectivity index (χ3n) is 4.22. The molecule has 1 heterocycles. The van der Waals surface area contributed by atoms with E-state index in [1.54, 1.807) is 43.1 Å². The first kappa shape index (κ1) is 17.9. The van der Waals surface area contributed by atoms with Crippen molar-refractivity contribution in [1.29, 1.82) is 0 Å². The number of benzene rings is 3. The maximum absolute atomic E-state index is 12.9. The molecule has 3 aromatic rings. The minimum atomic E-state index is -0.628. The monoisotopic (exact) mass is 391 g/mol. The summed E-state index contributed by atoms with van der Waals surface area (Å²) < 4.78 is 5.12. The number of fused-ring (bicyclic) bond motifs is 2. The van der Waals surface area contributed by atoms with E-state index in [2.05, 4.69) is 5.16 Å². The van der Waals surface area contributed by atoms with Crippen LogP contribution in [-0.4, -0.2) is 19.0 Å². The molecular formula is C21H17N3O3S. The molecular weight excluding hydrogens is 374 g/mol. The highest BCUT2D eigenvalue weighted by Gasteiger charge is 2.29. The van der Waals surface area contributed by atoms with Gasteiger partial charge in [0.2, 0.25) is 0 Å². The molecule has 0 bridgehead atoms. The maximum Gasteiger partial charge on any atom is 0.445 e. The lowest BCUT2D eigenvalue weighted by molar-refractivity contribution is 0.161. The number of nitrogens with zero attached hydrogens (tertiary/aromatic N) is 2. The number of amides is 1. The van der Waals surface area contributed by atoms with Gasteiger partial charge in [-0.1, -0.05) is 41.2 Å². The molecule has 0 radical (unpaired) electrons. The molecule has 0 saturated heterocycles. The Labute approximate surface area is 166 Å². The first-order valence-electron chi connectivity index (χ1n) is 8.52. The first-order valence-corrected chi connectivity index (χ1v) is 9.34. The zero-order valence-electron chi connectivity index (χ0n) is 15.0. The maximum atomic E-state index is 12.9. The zero-order valence-corrected chi connectivity index (χ0v) is 15.8. The van der Waals surface area contributed by atoms with E-state index in [1.807, 2.05) is 48.5 Å². The standard InChI is InChI=1S/C21H17N3O3S/c1-26-15-12-10-14(11-13-15)20(22)23-27-21(25)24-16-6-2-4-8-18(16)28-19-9-5-3-7-17(19)24/h2-13H,1H3,(H2,22,23).